The monoisotopic (exact) mass is 2010 g/mol. The molecule has 0 saturated heterocycles. The summed E-state index contributed by atoms with van der Waals surface area (Å²) >= 11 is 0. The molecule has 140 heavy (non-hydrogen) atoms. The number of ether oxygens (including phenoxy) is 1. The van der Waals surface area contributed by atoms with E-state index in [2.05, 4.69) is 192 Å². The Labute approximate surface area is 827 Å². The quantitative estimate of drug-likeness (QED) is 0.00681. The number of nitro benzene ring substituents is 4. The van der Waals surface area contributed by atoms with Crippen molar-refractivity contribution in [1.29, 1.82) is 0 Å². The summed E-state index contributed by atoms with van der Waals surface area (Å²) in [6.07, 6.45) is 10.7. The van der Waals surface area contributed by atoms with Crippen LogP contribution in [0.2, 0.25) is 0 Å². The number of aryl methyl sites for hydroxylation is 9. The molecule has 0 saturated carbocycles. The fourth-order valence-electron chi connectivity index (χ4n) is 14.5. The molecular formula is C95H114Co2N26O17+2. The number of fused-ring (bicyclic) bond motifs is 2. The Morgan fingerprint density at radius 3 is 0.879 bits per heavy atom. The van der Waals surface area contributed by atoms with Crippen LogP contribution in [0.25, 0.3) is 0 Å². The topological polar surface area (TPSA) is 551 Å². The maximum Gasteiger partial charge on any atom is 0.271 e. The largest absolute Gasteiger partial charge is 0.506 e. The SMILES string of the molecule is CCCc1nn(C)c(O)c1N=Nc1cc([N+](=O)[O-])ccc1O.CCCc1nn(C)c(O)c1N=Nc1cc([N+](=O)[O-])ccc1O.CCCc1nn(C)c(O)c1N=Nc1cc([N+](=O)[O-])ccc1O.CCCc1nn(C)c(O)c1N=Nc1cc([N+](=O)[O-])ccc1O.CC[N+]1=C(/C=N/N(C)c2ccc(OC)cc2)C(C)(C)c2ccccc21.CCc1ccc(N(C)/N=C/C2=[N+](CC)c3ccccc3C2(C)C)cc1.[Co].[Co]. The number of aromatic nitrogens is 8. The smallest absolute Gasteiger partial charge is 0.271 e. The summed E-state index contributed by atoms with van der Waals surface area (Å²) in [6.45, 7) is 25.3. The summed E-state index contributed by atoms with van der Waals surface area (Å²) in [5, 5.41) is 182. The van der Waals surface area contributed by atoms with Crippen LogP contribution < -0.4 is 14.8 Å². The van der Waals surface area contributed by atoms with Gasteiger partial charge < -0.3 is 45.6 Å². The van der Waals surface area contributed by atoms with Crippen LogP contribution in [-0.4, -0.2) is 167 Å². The van der Waals surface area contributed by atoms with Gasteiger partial charge in [-0.2, -0.15) is 39.7 Å². The fraction of sp³-hybridized carbons (Fsp3) is 0.326. The fourth-order valence-corrected chi connectivity index (χ4v) is 14.5. The maximum absolute atomic E-state index is 10.7. The summed E-state index contributed by atoms with van der Waals surface area (Å²) in [7, 11) is 11.9. The van der Waals surface area contributed by atoms with Crippen molar-refractivity contribution in [3.8, 4) is 52.3 Å². The normalized spacial score (nSPS) is 12.6. The number of nitro groups is 4. The Balaban J connectivity index is 0.000000228. The molecule has 2 radical (unpaired) electrons. The van der Waals surface area contributed by atoms with Gasteiger partial charge in [0.05, 0.1) is 71.8 Å². The number of hydrogen-bond acceptors (Lipinski definition) is 33. The summed E-state index contributed by atoms with van der Waals surface area (Å²) in [5.41, 5.74) is 13.1. The summed E-state index contributed by atoms with van der Waals surface area (Å²) in [5.74, 6) is -0.738. The zero-order valence-electron chi connectivity index (χ0n) is 80.6. The minimum atomic E-state index is -0.595. The number of phenols is 4. The first-order valence-electron chi connectivity index (χ1n) is 44.1. The maximum atomic E-state index is 10.7. The Morgan fingerprint density at radius 2 is 0.643 bits per heavy atom. The number of para-hydroxylation sites is 2. The molecule has 4 aromatic heterocycles. The minimum absolute atomic E-state index is 0. The van der Waals surface area contributed by atoms with Crippen molar-refractivity contribution >= 4 is 115 Å². The van der Waals surface area contributed by atoms with Crippen molar-refractivity contribution in [3.63, 3.8) is 0 Å². The number of benzene rings is 8. The van der Waals surface area contributed by atoms with Crippen LogP contribution in [0.1, 0.15) is 141 Å². The third-order valence-corrected chi connectivity index (χ3v) is 22.0. The molecule has 14 rings (SSSR count). The first kappa shape index (κ1) is 111. The van der Waals surface area contributed by atoms with Crippen LogP contribution in [0.5, 0.6) is 52.3 Å². The zero-order valence-corrected chi connectivity index (χ0v) is 82.7. The van der Waals surface area contributed by atoms with Crippen molar-refractivity contribution < 1.29 is 108 Å². The number of nitrogens with zero attached hydrogens (tertiary/aromatic N) is 26. The number of anilines is 2. The zero-order chi connectivity index (χ0) is 101. The molecule has 0 fully saturated rings. The predicted molar refractivity (Wildman–Crippen MR) is 524 cm³/mol. The Hall–Kier alpha value is -15.9. The van der Waals surface area contributed by atoms with Crippen LogP contribution in [0, 0.1) is 40.5 Å². The van der Waals surface area contributed by atoms with Gasteiger partial charge in [-0.15, -0.1) is 40.9 Å². The molecule has 2 aliphatic rings. The van der Waals surface area contributed by atoms with Gasteiger partial charge in [-0.1, -0.05) is 109 Å². The minimum Gasteiger partial charge on any atom is -0.506 e. The standard InChI is InChI=1S/C22H28N3.C21H26N3O.4C13H15N5O4.2Co/c1-6-17-12-14-18(15-13-17)24(5)23-16-21-22(3,4)19-10-8-9-11-20(19)25(21)7-2;1-6-24-19-10-8-7-9-18(19)21(2,3)20(24)15-22-23(4)16-11-13-17(25-5)14-12-16;4*1-3-4-9-12(13(20)17(2)16-9)15-14-10-7-8(18(21)22)5-6-11(10)19;;/h8-16H,6-7H2,1-5H3;7-15H,6H2,1-5H3;4*5-7,19-20H,3-4H2,1-2H3;;/q2*+1;;;;;;. The van der Waals surface area contributed by atoms with Crippen molar-refractivity contribution in [2.24, 2.45) is 79.3 Å². The third-order valence-electron chi connectivity index (χ3n) is 22.0. The summed E-state index contributed by atoms with van der Waals surface area (Å²) in [6, 6.07) is 47.5. The van der Waals surface area contributed by atoms with Crippen molar-refractivity contribution in [1.82, 2.24) is 39.1 Å². The number of hydrogen-bond donors (Lipinski definition) is 8. The number of non-ortho nitro benzene ring substituents is 4. The number of rotatable bonds is 30. The number of hydrazone groups is 2. The predicted octanol–water partition coefficient (Wildman–Crippen LogP) is 21.4. The van der Waals surface area contributed by atoms with Crippen LogP contribution in [0.3, 0.4) is 0 Å². The second-order valence-corrected chi connectivity index (χ2v) is 32.3. The first-order valence-corrected chi connectivity index (χ1v) is 44.1. The van der Waals surface area contributed by atoms with E-state index >= 15 is 0 Å². The van der Waals surface area contributed by atoms with E-state index in [1.54, 1.807) is 35.3 Å². The second kappa shape index (κ2) is 50.8. The van der Waals surface area contributed by atoms with Gasteiger partial charge in [-0.05, 0) is 140 Å². The average molecular weight is 2010 g/mol. The van der Waals surface area contributed by atoms with Crippen LogP contribution >= 0.6 is 0 Å². The van der Waals surface area contributed by atoms with Crippen molar-refractivity contribution in [2.45, 2.75) is 145 Å². The van der Waals surface area contributed by atoms with Gasteiger partial charge in [0.2, 0.25) is 46.3 Å². The number of phenolic OH excluding ortho intramolecular Hbond substituents is 4. The van der Waals surface area contributed by atoms with Gasteiger partial charge in [0.1, 0.15) is 77.0 Å². The van der Waals surface area contributed by atoms with Crippen molar-refractivity contribution in [2.75, 3.05) is 44.3 Å². The Kier molecular flexibility index (Phi) is 40.3. The van der Waals surface area contributed by atoms with E-state index in [0.717, 1.165) is 86.6 Å². The molecule has 742 valence electrons. The molecule has 0 atom stereocenters. The van der Waals surface area contributed by atoms with E-state index in [-0.39, 0.29) is 159 Å². The molecule has 43 nitrogen and oxygen atoms in total. The van der Waals surface area contributed by atoms with E-state index < -0.39 is 19.7 Å². The Bertz CT molecular complexity index is 6000. The molecule has 45 heteroatoms. The van der Waals surface area contributed by atoms with Gasteiger partial charge in [0.15, 0.2) is 22.7 Å². The molecule has 0 spiro atoms. The molecule has 0 unspecified atom stereocenters. The molecule has 0 bridgehead atoms. The molecule has 12 aromatic rings. The second-order valence-electron chi connectivity index (χ2n) is 32.3. The van der Waals surface area contributed by atoms with Crippen LogP contribution in [0.15, 0.2) is 221 Å². The van der Waals surface area contributed by atoms with Gasteiger partial charge in [-0.3, -0.25) is 50.5 Å². The summed E-state index contributed by atoms with van der Waals surface area (Å²) in [4.78, 5) is 40.6. The first-order chi connectivity index (χ1) is 65.7. The molecule has 0 amide bonds. The van der Waals surface area contributed by atoms with E-state index in [1.807, 2.05) is 88.5 Å². The van der Waals surface area contributed by atoms with Gasteiger partial charge in [0.25, 0.3) is 22.7 Å². The van der Waals surface area contributed by atoms with Gasteiger partial charge >= 0.3 is 0 Å². The Morgan fingerprint density at radius 1 is 0.386 bits per heavy atom. The average Bonchev–Trinajstić information content (AvgIpc) is 1.60. The van der Waals surface area contributed by atoms with E-state index in [9.17, 15) is 81.3 Å². The van der Waals surface area contributed by atoms with Gasteiger partial charge in [-0.25, -0.2) is 18.7 Å². The number of methoxy groups -OCH3 is 1. The molecule has 6 heterocycles. The number of aromatic hydroxyl groups is 8. The summed E-state index contributed by atoms with van der Waals surface area (Å²) < 4.78 is 15.0. The molecule has 0 aliphatic carbocycles. The molecule has 8 aromatic carbocycles. The van der Waals surface area contributed by atoms with E-state index in [0.29, 0.717) is 48.5 Å². The van der Waals surface area contributed by atoms with E-state index in [4.69, 9.17) is 14.9 Å². The third kappa shape index (κ3) is 27.3. The van der Waals surface area contributed by atoms with Gasteiger partial charge in [0, 0.05) is 148 Å². The van der Waals surface area contributed by atoms with Crippen molar-refractivity contribution in [3.05, 3.63) is 250 Å². The molecule has 8 N–H and O–H groups in total. The molecular weight excluding hydrogens is 1900 g/mol. The number of azo groups is 4. The molecule has 2 aliphatic heterocycles. The van der Waals surface area contributed by atoms with E-state index in [1.165, 1.54) is 107 Å². The van der Waals surface area contributed by atoms with Crippen LogP contribution in [-0.2, 0) is 105 Å². The van der Waals surface area contributed by atoms with Crippen LogP contribution in [0.4, 0.5) is 91.0 Å².